The molecule has 0 bridgehead atoms. The maximum atomic E-state index is 13.0. The summed E-state index contributed by atoms with van der Waals surface area (Å²) in [5.74, 6) is -0.126. The van der Waals surface area contributed by atoms with Crippen molar-refractivity contribution in [3.8, 4) is 17.0 Å². The maximum absolute atomic E-state index is 13.0. The predicted molar refractivity (Wildman–Crippen MR) is 115 cm³/mol. The molecule has 8 heteroatoms. The summed E-state index contributed by atoms with van der Waals surface area (Å²) in [7, 11) is 1.71. The number of hydrogen-bond donors (Lipinski definition) is 1. The van der Waals surface area contributed by atoms with Crippen LogP contribution in [0.4, 0.5) is 15.2 Å². The van der Waals surface area contributed by atoms with Gasteiger partial charge in [0.15, 0.2) is 11.7 Å². The molecular formula is C22H18FN3O3S. The normalized spacial score (nSPS) is 13.3. The van der Waals surface area contributed by atoms with Crippen LogP contribution in [0.2, 0.25) is 0 Å². The monoisotopic (exact) mass is 423 g/mol. The summed E-state index contributed by atoms with van der Waals surface area (Å²) in [4.78, 5) is 31.1. The van der Waals surface area contributed by atoms with Gasteiger partial charge in [-0.3, -0.25) is 14.9 Å². The fraction of sp³-hybridized carbons (Fsp3) is 0.136. The molecule has 1 aliphatic rings. The van der Waals surface area contributed by atoms with Crippen molar-refractivity contribution in [2.45, 2.75) is 6.92 Å². The highest BCUT2D eigenvalue weighted by atomic mass is 32.1. The minimum absolute atomic E-state index is 0.0280. The van der Waals surface area contributed by atoms with Crippen LogP contribution in [0.5, 0.6) is 5.75 Å². The zero-order valence-corrected chi connectivity index (χ0v) is 17.1. The molecule has 2 heterocycles. The van der Waals surface area contributed by atoms with E-state index in [1.807, 2.05) is 25.1 Å². The fourth-order valence-electron chi connectivity index (χ4n) is 3.03. The summed E-state index contributed by atoms with van der Waals surface area (Å²) >= 11 is 1.36. The number of anilines is 2. The average Bonchev–Trinajstić information content (AvgIpc) is 3.10. The van der Waals surface area contributed by atoms with Crippen molar-refractivity contribution >= 4 is 40.0 Å². The van der Waals surface area contributed by atoms with Gasteiger partial charge in [0, 0.05) is 23.6 Å². The molecule has 0 saturated carbocycles. The van der Waals surface area contributed by atoms with Crippen LogP contribution in [-0.2, 0) is 9.59 Å². The topological polar surface area (TPSA) is 71.5 Å². The van der Waals surface area contributed by atoms with Crippen LogP contribution in [0.1, 0.15) is 10.4 Å². The molecule has 152 valence electrons. The summed E-state index contributed by atoms with van der Waals surface area (Å²) in [6, 6.07) is 11.4. The lowest BCUT2D eigenvalue weighted by molar-refractivity contribution is -0.121. The third-order valence-corrected chi connectivity index (χ3v) is 5.53. The molecule has 1 aliphatic heterocycles. The zero-order chi connectivity index (χ0) is 21.3. The van der Waals surface area contributed by atoms with Crippen molar-refractivity contribution in [2.75, 3.05) is 23.9 Å². The van der Waals surface area contributed by atoms with Gasteiger partial charge in [-0.05, 0) is 48.9 Å². The number of amides is 2. The van der Waals surface area contributed by atoms with Crippen molar-refractivity contribution < 1.29 is 18.7 Å². The molecule has 2 aromatic carbocycles. The van der Waals surface area contributed by atoms with E-state index in [9.17, 15) is 14.0 Å². The van der Waals surface area contributed by atoms with Gasteiger partial charge in [0.1, 0.15) is 11.6 Å². The van der Waals surface area contributed by atoms with E-state index in [2.05, 4.69) is 10.3 Å². The second kappa shape index (κ2) is 8.08. The molecule has 30 heavy (non-hydrogen) atoms. The Bertz CT molecular complexity index is 1150. The van der Waals surface area contributed by atoms with Crippen LogP contribution in [0.25, 0.3) is 17.3 Å². The van der Waals surface area contributed by atoms with E-state index >= 15 is 0 Å². The minimum atomic E-state index is -0.330. The van der Waals surface area contributed by atoms with Gasteiger partial charge in [0.25, 0.3) is 5.91 Å². The Balaban J connectivity index is 1.52. The van der Waals surface area contributed by atoms with E-state index in [4.69, 9.17) is 4.74 Å². The van der Waals surface area contributed by atoms with Crippen LogP contribution in [0.3, 0.4) is 0 Å². The molecule has 1 N–H and O–H groups in total. The van der Waals surface area contributed by atoms with Crippen molar-refractivity contribution in [1.82, 2.24) is 4.98 Å². The standard InChI is InChI=1S/C22H18FN3O3S/c1-13-21(15-6-9-18-17(11-15)26(2)20(28)12-29-18)25-22(30-13)24-19(27)10-5-14-3-7-16(23)8-4-14/h3-11H,12H2,1-2H3,(H,24,25,27)/b10-5+. The van der Waals surface area contributed by atoms with Gasteiger partial charge >= 0.3 is 0 Å². The number of rotatable bonds is 4. The third-order valence-electron chi connectivity index (χ3n) is 4.64. The maximum Gasteiger partial charge on any atom is 0.264 e. The molecule has 0 fully saturated rings. The quantitative estimate of drug-likeness (QED) is 0.637. The molecule has 0 unspecified atom stereocenters. The Morgan fingerprint density at radius 1 is 1.27 bits per heavy atom. The van der Waals surface area contributed by atoms with Crippen molar-refractivity contribution in [3.05, 3.63) is 64.8 Å². The molecule has 1 aromatic heterocycles. The number of aryl methyl sites for hydroxylation is 1. The number of benzene rings is 2. The highest BCUT2D eigenvalue weighted by Crippen LogP contribution is 2.37. The first-order valence-electron chi connectivity index (χ1n) is 9.16. The third kappa shape index (κ3) is 4.08. The molecule has 3 aromatic rings. The summed E-state index contributed by atoms with van der Waals surface area (Å²) in [5, 5.41) is 3.22. The van der Waals surface area contributed by atoms with E-state index < -0.39 is 0 Å². The van der Waals surface area contributed by atoms with E-state index in [0.717, 1.165) is 21.7 Å². The van der Waals surface area contributed by atoms with Crippen LogP contribution >= 0.6 is 11.3 Å². The van der Waals surface area contributed by atoms with Gasteiger partial charge in [0.2, 0.25) is 5.91 Å². The van der Waals surface area contributed by atoms with E-state index in [0.29, 0.717) is 16.6 Å². The van der Waals surface area contributed by atoms with Crippen molar-refractivity contribution in [2.24, 2.45) is 0 Å². The number of halogens is 1. The molecule has 0 saturated heterocycles. The molecule has 0 radical (unpaired) electrons. The van der Waals surface area contributed by atoms with Gasteiger partial charge in [-0.15, -0.1) is 11.3 Å². The summed E-state index contributed by atoms with van der Waals surface area (Å²) in [6.07, 6.45) is 2.98. The Morgan fingerprint density at radius 2 is 2.03 bits per heavy atom. The number of ether oxygens (including phenoxy) is 1. The number of nitrogens with zero attached hydrogens (tertiary/aromatic N) is 2. The Labute approximate surface area is 176 Å². The van der Waals surface area contributed by atoms with Gasteiger partial charge in [-0.1, -0.05) is 12.1 Å². The molecule has 6 nitrogen and oxygen atoms in total. The second-order valence-corrected chi connectivity index (χ2v) is 7.93. The molecule has 0 spiro atoms. The number of fused-ring (bicyclic) bond motifs is 1. The van der Waals surface area contributed by atoms with Gasteiger partial charge in [0.05, 0.1) is 11.4 Å². The van der Waals surface area contributed by atoms with Crippen LogP contribution < -0.4 is 15.0 Å². The van der Waals surface area contributed by atoms with E-state index in [1.54, 1.807) is 30.2 Å². The van der Waals surface area contributed by atoms with E-state index in [1.165, 1.54) is 29.5 Å². The van der Waals surface area contributed by atoms with Crippen molar-refractivity contribution in [3.63, 3.8) is 0 Å². The SMILES string of the molecule is Cc1sc(NC(=O)/C=C/c2ccc(F)cc2)nc1-c1ccc2c(c1)N(C)C(=O)CO2. The predicted octanol–water partition coefficient (Wildman–Crippen LogP) is 4.26. The van der Waals surface area contributed by atoms with Gasteiger partial charge in [-0.25, -0.2) is 9.37 Å². The van der Waals surface area contributed by atoms with Crippen LogP contribution in [0.15, 0.2) is 48.5 Å². The largest absolute Gasteiger partial charge is 0.482 e. The lowest BCUT2D eigenvalue weighted by Gasteiger charge is -2.26. The first-order valence-corrected chi connectivity index (χ1v) is 9.98. The minimum Gasteiger partial charge on any atom is -0.482 e. The number of carbonyl (C=O) groups excluding carboxylic acids is 2. The van der Waals surface area contributed by atoms with Crippen molar-refractivity contribution in [1.29, 1.82) is 0 Å². The van der Waals surface area contributed by atoms with Gasteiger partial charge < -0.3 is 9.64 Å². The molecule has 2 amide bonds. The Kier molecular flexibility index (Phi) is 5.33. The summed E-state index contributed by atoms with van der Waals surface area (Å²) in [6.45, 7) is 1.95. The highest BCUT2D eigenvalue weighted by Gasteiger charge is 2.23. The lowest BCUT2D eigenvalue weighted by Crippen LogP contribution is -2.35. The molecular weight excluding hydrogens is 405 g/mol. The number of carbonyl (C=O) groups is 2. The zero-order valence-electron chi connectivity index (χ0n) is 16.3. The van der Waals surface area contributed by atoms with Crippen LogP contribution in [-0.4, -0.2) is 30.5 Å². The number of nitrogens with one attached hydrogen (secondary N) is 1. The van der Waals surface area contributed by atoms with E-state index in [-0.39, 0.29) is 24.2 Å². The molecule has 0 aliphatic carbocycles. The number of likely N-dealkylation sites (N-methyl/N-ethyl adjacent to an activating group) is 1. The number of hydrogen-bond acceptors (Lipinski definition) is 5. The molecule has 0 atom stereocenters. The smallest absolute Gasteiger partial charge is 0.264 e. The number of thiazole rings is 1. The molecule has 4 rings (SSSR count). The van der Waals surface area contributed by atoms with Gasteiger partial charge in [-0.2, -0.15) is 0 Å². The number of aromatic nitrogens is 1. The fourth-order valence-corrected chi connectivity index (χ4v) is 3.87. The van der Waals surface area contributed by atoms with Crippen LogP contribution in [0, 0.1) is 12.7 Å². The highest BCUT2D eigenvalue weighted by molar-refractivity contribution is 7.16. The summed E-state index contributed by atoms with van der Waals surface area (Å²) in [5.41, 5.74) is 2.96. The Hall–Kier alpha value is -3.52. The first-order chi connectivity index (χ1) is 14.4. The Morgan fingerprint density at radius 3 is 2.80 bits per heavy atom. The lowest BCUT2D eigenvalue weighted by atomic mass is 10.1. The summed E-state index contributed by atoms with van der Waals surface area (Å²) < 4.78 is 18.4. The average molecular weight is 423 g/mol. The second-order valence-electron chi connectivity index (χ2n) is 6.72. The first kappa shape index (κ1) is 19.8.